The van der Waals surface area contributed by atoms with E-state index in [4.69, 9.17) is 16.6 Å². The van der Waals surface area contributed by atoms with Crippen molar-refractivity contribution in [3.8, 4) is 0 Å². The third-order valence-corrected chi connectivity index (χ3v) is 5.26. The number of fused-ring (bicyclic) bond motifs is 3. The van der Waals surface area contributed by atoms with Gasteiger partial charge in [-0.1, -0.05) is 23.7 Å². The van der Waals surface area contributed by atoms with Crippen molar-refractivity contribution in [2.75, 3.05) is 29.4 Å². The Morgan fingerprint density at radius 1 is 0.889 bits per heavy atom. The van der Waals surface area contributed by atoms with Crippen LogP contribution in [0.15, 0.2) is 66.9 Å². The van der Waals surface area contributed by atoms with Crippen LogP contribution in [0.3, 0.4) is 0 Å². The number of carbonyl (C=O) groups excluding carboxylic acids is 1. The zero-order valence-electron chi connectivity index (χ0n) is 14.5. The van der Waals surface area contributed by atoms with Crippen LogP contribution in [0.2, 0.25) is 5.02 Å². The molecule has 0 bridgehead atoms. The van der Waals surface area contributed by atoms with Crippen LogP contribution in [0, 0.1) is 0 Å². The molecule has 0 atom stereocenters. The van der Waals surface area contributed by atoms with E-state index in [-0.39, 0.29) is 5.91 Å². The Kier molecular flexibility index (Phi) is 3.76. The van der Waals surface area contributed by atoms with Gasteiger partial charge in [-0.05, 0) is 48.5 Å². The van der Waals surface area contributed by atoms with Gasteiger partial charge < -0.3 is 14.2 Å². The maximum absolute atomic E-state index is 12.8. The summed E-state index contributed by atoms with van der Waals surface area (Å²) in [6.45, 7) is 1.64. The molecule has 1 fully saturated rings. The van der Waals surface area contributed by atoms with Gasteiger partial charge in [0.15, 0.2) is 5.82 Å². The van der Waals surface area contributed by atoms with Crippen molar-refractivity contribution in [2.24, 2.45) is 0 Å². The Morgan fingerprint density at radius 3 is 2.48 bits per heavy atom. The van der Waals surface area contributed by atoms with Gasteiger partial charge in [0.1, 0.15) is 0 Å². The van der Waals surface area contributed by atoms with Crippen molar-refractivity contribution in [3.63, 3.8) is 0 Å². The molecule has 2 aromatic heterocycles. The number of amides is 1. The molecular weight excluding hydrogens is 360 g/mol. The number of carbonyl (C=O) groups is 1. The lowest BCUT2D eigenvalue weighted by Gasteiger charge is -2.35. The summed E-state index contributed by atoms with van der Waals surface area (Å²) in [6.07, 6.45) is 2.04. The predicted molar refractivity (Wildman–Crippen MR) is 109 cm³/mol. The van der Waals surface area contributed by atoms with Crippen LogP contribution < -0.4 is 9.80 Å². The Bertz CT molecular complexity index is 1150. The largest absolute Gasteiger partial charge is 0.344 e. The maximum Gasteiger partial charge on any atom is 0.246 e. The number of hydrogen-bond acceptors (Lipinski definition) is 3. The van der Waals surface area contributed by atoms with Crippen molar-refractivity contribution in [2.45, 2.75) is 0 Å². The number of nitrogens with zero attached hydrogens (tertiary/aromatic N) is 4. The summed E-state index contributed by atoms with van der Waals surface area (Å²) in [7, 11) is 0. The highest BCUT2D eigenvalue weighted by Gasteiger charge is 2.27. The number of piperazine rings is 1. The van der Waals surface area contributed by atoms with Crippen LogP contribution in [0.25, 0.3) is 16.6 Å². The quantitative estimate of drug-likeness (QED) is 0.531. The second kappa shape index (κ2) is 6.28. The highest BCUT2D eigenvalue weighted by Crippen LogP contribution is 2.27. The lowest BCUT2D eigenvalue weighted by Crippen LogP contribution is -2.51. The average molecular weight is 377 g/mol. The van der Waals surface area contributed by atoms with Crippen LogP contribution in [0.5, 0.6) is 0 Å². The molecule has 27 heavy (non-hydrogen) atoms. The molecule has 1 saturated heterocycles. The molecule has 0 saturated carbocycles. The molecular formula is C21H17ClN4O. The SMILES string of the molecule is O=C1CN(c2nc3ccccc3n3cccc23)CCN1c1ccc(Cl)cc1. The molecule has 6 heteroatoms. The molecule has 0 spiro atoms. The van der Waals surface area contributed by atoms with Gasteiger partial charge in [0.05, 0.1) is 23.1 Å². The van der Waals surface area contributed by atoms with Gasteiger partial charge >= 0.3 is 0 Å². The molecule has 0 aliphatic carbocycles. The highest BCUT2D eigenvalue weighted by molar-refractivity contribution is 6.30. The molecule has 134 valence electrons. The number of para-hydroxylation sites is 2. The van der Waals surface area contributed by atoms with E-state index in [1.807, 2.05) is 65.7 Å². The molecule has 0 unspecified atom stereocenters. The van der Waals surface area contributed by atoms with Gasteiger partial charge in [0.25, 0.3) is 0 Å². The molecule has 1 aliphatic heterocycles. The topological polar surface area (TPSA) is 40.9 Å². The summed E-state index contributed by atoms with van der Waals surface area (Å²) in [4.78, 5) is 21.6. The monoisotopic (exact) mass is 376 g/mol. The van der Waals surface area contributed by atoms with Crippen LogP contribution in [0.4, 0.5) is 11.5 Å². The average Bonchev–Trinajstić information content (AvgIpc) is 3.18. The van der Waals surface area contributed by atoms with Gasteiger partial charge in [0.2, 0.25) is 5.91 Å². The normalized spacial score (nSPS) is 15.1. The van der Waals surface area contributed by atoms with Gasteiger partial charge in [-0.2, -0.15) is 0 Å². The summed E-state index contributed by atoms with van der Waals surface area (Å²) in [6, 6.07) is 19.5. The van der Waals surface area contributed by atoms with E-state index in [0.717, 1.165) is 34.6 Å². The number of aromatic nitrogens is 2. The molecule has 0 radical (unpaired) electrons. The standard InChI is InChI=1S/C21H17ClN4O/c22-15-7-9-16(10-8-15)25-13-12-24(14-20(25)27)21-19-6-3-11-26(19)18-5-2-1-4-17(18)23-21/h1-11H,12-14H2. The van der Waals surface area contributed by atoms with Crippen molar-refractivity contribution in [3.05, 3.63) is 71.9 Å². The van der Waals surface area contributed by atoms with Gasteiger partial charge in [-0.3, -0.25) is 4.79 Å². The molecule has 1 amide bonds. The maximum atomic E-state index is 12.8. The second-order valence-corrected chi connectivity index (χ2v) is 7.07. The first-order valence-electron chi connectivity index (χ1n) is 8.87. The second-order valence-electron chi connectivity index (χ2n) is 6.63. The smallest absolute Gasteiger partial charge is 0.246 e. The first-order valence-corrected chi connectivity index (χ1v) is 9.25. The third-order valence-electron chi connectivity index (χ3n) is 5.00. The van der Waals surface area contributed by atoms with Crippen molar-refractivity contribution in [1.82, 2.24) is 9.38 Å². The first kappa shape index (κ1) is 16.1. The third kappa shape index (κ3) is 2.71. The minimum absolute atomic E-state index is 0.0586. The molecule has 2 aromatic carbocycles. The lowest BCUT2D eigenvalue weighted by atomic mass is 10.2. The van der Waals surface area contributed by atoms with E-state index >= 15 is 0 Å². The number of hydrogen-bond donors (Lipinski definition) is 0. The minimum Gasteiger partial charge on any atom is -0.344 e. The van der Waals surface area contributed by atoms with Gasteiger partial charge in [-0.25, -0.2) is 4.98 Å². The van der Waals surface area contributed by atoms with Crippen LogP contribution >= 0.6 is 11.6 Å². The Labute approximate surface area is 161 Å². The van der Waals surface area contributed by atoms with Crippen molar-refractivity contribution in [1.29, 1.82) is 0 Å². The summed E-state index contributed by atoms with van der Waals surface area (Å²) >= 11 is 5.96. The van der Waals surface area contributed by atoms with Crippen LogP contribution in [0.1, 0.15) is 0 Å². The molecule has 1 aliphatic rings. The fourth-order valence-electron chi connectivity index (χ4n) is 3.69. The van der Waals surface area contributed by atoms with Crippen molar-refractivity contribution >= 4 is 45.6 Å². The van der Waals surface area contributed by atoms with Gasteiger partial charge in [0, 0.05) is 30.0 Å². The first-order chi connectivity index (χ1) is 13.2. The summed E-state index contributed by atoms with van der Waals surface area (Å²) in [5.74, 6) is 0.908. The van der Waals surface area contributed by atoms with E-state index in [2.05, 4.69) is 15.4 Å². The van der Waals surface area contributed by atoms with E-state index in [1.165, 1.54) is 0 Å². The predicted octanol–water partition coefficient (Wildman–Crippen LogP) is 3.99. The molecule has 5 rings (SSSR count). The number of rotatable bonds is 2. The van der Waals surface area contributed by atoms with E-state index < -0.39 is 0 Å². The fourth-order valence-corrected chi connectivity index (χ4v) is 3.81. The minimum atomic E-state index is 0.0586. The number of halogens is 1. The summed E-state index contributed by atoms with van der Waals surface area (Å²) in [5.41, 5.74) is 3.88. The number of benzene rings is 2. The van der Waals surface area contributed by atoms with E-state index in [9.17, 15) is 4.79 Å². The molecule has 5 nitrogen and oxygen atoms in total. The van der Waals surface area contributed by atoms with Gasteiger partial charge in [-0.15, -0.1) is 0 Å². The summed E-state index contributed by atoms with van der Waals surface area (Å²) < 4.78 is 2.13. The zero-order valence-corrected chi connectivity index (χ0v) is 15.3. The molecule has 0 N–H and O–H groups in total. The van der Waals surface area contributed by atoms with E-state index in [0.29, 0.717) is 18.1 Å². The molecule has 4 aromatic rings. The summed E-state index contributed by atoms with van der Waals surface area (Å²) in [5, 5.41) is 0.667. The van der Waals surface area contributed by atoms with Crippen molar-refractivity contribution < 1.29 is 4.79 Å². The zero-order chi connectivity index (χ0) is 18.4. The van der Waals surface area contributed by atoms with Crippen LogP contribution in [-0.2, 0) is 4.79 Å². The molecule has 3 heterocycles. The van der Waals surface area contributed by atoms with E-state index in [1.54, 1.807) is 0 Å². The fraction of sp³-hybridized carbons (Fsp3) is 0.143. The number of anilines is 2. The Hall–Kier alpha value is -3.05. The lowest BCUT2D eigenvalue weighted by molar-refractivity contribution is -0.117. The Morgan fingerprint density at radius 2 is 1.67 bits per heavy atom. The van der Waals surface area contributed by atoms with Crippen LogP contribution in [-0.4, -0.2) is 34.9 Å². The Balaban J connectivity index is 1.50. The highest BCUT2D eigenvalue weighted by atomic mass is 35.5.